The summed E-state index contributed by atoms with van der Waals surface area (Å²) in [5.41, 5.74) is -2.58. The van der Waals surface area contributed by atoms with Crippen LogP contribution in [0.15, 0.2) is 0 Å². The predicted molar refractivity (Wildman–Crippen MR) is 78.9 cm³/mol. The van der Waals surface area contributed by atoms with Gasteiger partial charge in [0, 0.05) is 26.3 Å². The van der Waals surface area contributed by atoms with E-state index in [1.54, 1.807) is 11.4 Å². The van der Waals surface area contributed by atoms with Gasteiger partial charge in [-0.25, -0.2) is 0 Å². The van der Waals surface area contributed by atoms with E-state index in [0.29, 0.717) is 5.25 Å². The molecule has 0 aliphatic heterocycles. The molecule has 0 saturated heterocycles. The molecular weight excluding hydrogens is 367 g/mol. The van der Waals surface area contributed by atoms with Crippen LogP contribution in [-0.2, 0) is 37.4 Å². The molecule has 6 heteroatoms. The monoisotopic (exact) mass is 392 g/mol. The second kappa shape index (κ2) is 8.80. The summed E-state index contributed by atoms with van der Waals surface area (Å²) in [7, 11) is 0. The van der Waals surface area contributed by atoms with Gasteiger partial charge in [-0.3, -0.25) is 0 Å². The van der Waals surface area contributed by atoms with Crippen LogP contribution in [0.3, 0.4) is 0 Å². The van der Waals surface area contributed by atoms with E-state index in [2.05, 4.69) is 0 Å². The Bertz CT molecular complexity index is 255. The van der Waals surface area contributed by atoms with E-state index in [-0.39, 0.29) is 27.2 Å². The van der Waals surface area contributed by atoms with Crippen molar-refractivity contribution in [1.29, 1.82) is 0 Å². The Balaban J connectivity index is 0.00000162. The molecule has 0 aromatic carbocycles. The van der Waals surface area contributed by atoms with Gasteiger partial charge in [-0.2, -0.15) is 0 Å². The molecule has 2 saturated carbocycles. The molecule has 2 aliphatic rings. The van der Waals surface area contributed by atoms with E-state index in [1.165, 1.54) is 51.4 Å². The van der Waals surface area contributed by atoms with Crippen molar-refractivity contribution in [2.45, 2.75) is 75.6 Å². The first kappa shape index (κ1) is 17.7. The summed E-state index contributed by atoms with van der Waals surface area (Å²) in [6.45, 7) is 0. The third-order valence-corrected chi connectivity index (χ3v) is 8.25. The maximum Gasteiger partial charge on any atom is 0.245 e. The van der Waals surface area contributed by atoms with Crippen LogP contribution in [0.4, 0.5) is 0 Å². The molecule has 1 atom stereocenters. The molecule has 2 aliphatic carbocycles. The normalized spacial score (nSPS) is 26.3. The Hall–Kier alpha value is 1.61. The minimum Gasteiger partial charge on any atom is -0.337 e. The van der Waals surface area contributed by atoms with E-state index < -0.39 is 5.69 Å². The zero-order chi connectivity index (χ0) is 12.1. The van der Waals surface area contributed by atoms with Crippen molar-refractivity contribution in [2.75, 3.05) is 0 Å². The molecule has 2 rings (SSSR count). The Morgan fingerprint density at radius 2 is 1.44 bits per heavy atom. The summed E-state index contributed by atoms with van der Waals surface area (Å²) in [5.74, 6) is 0. The maximum atomic E-state index is 10.3. The molecule has 0 amide bonds. The van der Waals surface area contributed by atoms with Crippen molar-refractivity contribution in [2.24, 2.45) is 0 Å². The standard InChI is InChI=1S/C12H23O2PS2.Mo/c13-15(16,14-11-7-3-1-4-8-11)17-12-9-5-2-6-10-12;/h11-12H,1-10H2,(H,13,16);. The molecule has 18 heavy (non-hydrogen) atoms. The van der Waals surface area contributed by atoms with Crippen LogP contribution in [0.5, 0.6) is 0 Å². The molecule has 2 nitrogen and oxygen atoms in total. The molecule has 1 N–H and O–H groups in total. The van der Waals surface area contributed by atoms with Crippen LogP contribution < -0.4 is 0 Å². The van der Waals surface area contributed by atoms with E-state index in [0.717, 1.165) is 12.8 Å². The van der Waals surface area contributed by atoms with Gasteiger partial charge in [-0.1, -0.05) is 49.9 Å². The van der Waals surface area contributed by atoms with Gasteiger partial charge in [0.05, 0.1) is 6.10 Å². The predicted octanol–water partition coefficient (Wildman–Crippen LogP) is 4.62. The van der Waals surface area contributed by atoms with Gasteiger partial charge in [-0.15, -0.1) is 0 Å². The topological polar surface area (TPSA) is 29.5 Å². The van der Waals surface area contributed by atoms with Crippen molar-refractivity contribution >= 4 is 28.9 Å². The molecule has 1 unspecified atom stereocenters. The number of hydrogen-bond acceptors (Lipinski definition) is 3. The fraction of sp³-hybridized carbons (Fsp3) is 1.00. The Morgan fingerprint density at radius 3 is 2.00 bits per heavy atom. The number of hydrogen-bond donors (Lipinski definition) is 1. The van der Waals surface area contributed by atoms with Gasteiger partial charge in [0.25, 0.3) is 0 Å². The van der Waals surface area contributed by atoms with Gasteiger partial charge in [-0.05, 0) is 37.5 Å². The third kappa shape index (κ3) is 6.37. The van der Waals surface area contributed by atoms with Crippen LogP contribution in [0.2, 0.25) is 0 Å². The van der Waals surface area contributed by atoms with E-state index in [9.17, 15) is 4.89 Å². The molecular formula is C12H23MoO2PS2. The van der Waals surface area contributed by atoms with Gasteiger partial charge in [0.1, 0.15) is 0 Å². The summed E-state index contributed by atoms with van der Waals surface area (Å²) < 4.78 is 5.83. The van der Waals surface area contributed by atoms with Crippen LogP contribution in [0, 0.1) is 0 Å². The van der Waals surface area contributed by atoms with Crippen LogP contribution in [0.1, 0.15) is 64.2 Å². The van der Waals surface area contributed by atoms with E-state index in [1.807, 2.05) is 0 Å². The van der Waals surface area contributed by atoms with Gasteiger partial charge < -0.3 is 9.42 Å². The summed E-state index contributed by atoms with van der Waals surface area (Å²) in [4.78, 5) is 10.3. The van der Waals surface area contributed by atoms with E-state index in [4.69, 9.17) is 16.3 Å². The molecule has 0 bridgehead atoms. The SMILES string of the molecule is OP(=S)(OC1CCCCC1)SC1CCCCC1.[Mo]. The fourth-order valence-electron chi connectivity index (χ4n) is 2.74. The van der Waals surface area contributed by atoms with Crippen molar-refractivity contribution in [1.82, 2.24) is 0 Å². The largest absolute Gasteiger partial charge is 0.337 e. The number of rotatable bonds is 4. The molecule has 106 valence electrons. The average molecular weight is 390 g/mol. The molecule has 0 radical (unpaired) electrons. The first-order chi connectivity index (χ1) is 8.16. The summed E-state index contributed by atoms with van der Waals surface area (Å²) in [6, 6.07) is 0. The zero-order valence-corrected chi connectivity index (χ0v) is 15.3. The molecule has 0 aromatic heterocycles. The second-order valence-electron chi connectivity index (χ2n) is 5.20. The van der Waals surface area contributed by atoms with Gasteiger partial charge in [0.2, 0.25) is 5.69 Å². The van der Waals surface area contributed by atoms with Gasteiger partial charge >= 0.3 is 0 Å². The first-order valence-electron chi connectivity index (χ1n) is 6.85. The minimum absolute atomic E-state index is 0. The van der Waals surface area contributed by atoms with Crippen LogP contribution in [0.25, 0.3) is 0 Å². The molecule has 0 heterocycles. The van der Waals surface area contributed by atoms with Gasteiger partial charge in [0.15, 0.2) is 0 Å². The Kier molecular flexibility index (Phi) is 8.63. The van der Waals surface area contributed by atoms with Crippen molar-refractivity contribution in [3.05, 3.63) is 0 Å². The van der Waals surface area contributed by atoms with Crippen molar-refractivity contribution in [3.8, 4) is 0 Å². The summed E-state index contributed by atoms with van der Waals surface area (Å²) in [6.07, 6.45) is 12.5. The van der Waals surface area contributed by atoms with Crippen LogP contribution in [-0.4, -0.2) is 16.2 Å². The molecule has 0 aromatic rings. The van der Waals surface area contributed by atoms with Crippen LogP contribution >= 0.6 is 17.1 Å². The second-order valence-corrected chi connectivity index (χ2v) is 11.5. The minimum atomic E-state index is -2.58. The van der Waals surface area contributed by atoms with E-state index >= 15 is 0 Å². The third-order valence-electron chi connectivity index (χ3n) is 3.67. The average Bonchev–Trinajstić information content (AvgIpc) is 2.30. The summed E-state index contributed by atoms with van der Waals surface area (Å²) in [5, 5.41) is 0.545. The quantitative estimate of drug-likeness (QED) is 0.561. The Labute approximate surface area is 134 Å². The molecule has 0 spiro atoms. The van der Waals surface area contributed by atoms with Crippen molar-refractivity contribution in [3.63, 3.8) is 0 Å². The fourth-order valence-corrected chi connectivity index (χ4v) is 8.04. The Morgan fingerprint density at radius 1 is 0.944 bits per heavy atom. The van der Waals surface area contributed by atoms with Crippen molar-refractivity contribution < 1.29 is 30.5 Å². The maximum absolute atomic E-state index is 10.3. The molecule has 2 fully saturated rings. The summed E-state index contributed by atoms with van der Waals surface area (Å²) >= 11 is 6.89. The zero-order valence-electron chi connectivity index (χ0n) is 10.8. The first-order valence-corrected chi connectivity index (χ1v) is 11.0. The smallest absolute Gasteiger partial charge is 0.245 e.